The van der Waals surface area contributed by atoms with E-state index in [4.69, 9.17) is 27.9 Å². The molecule has 0 atom stereocenters. The second kappa shape index (κ2) is 10.1. The van der Waals surface area contributed by atoms with E-state index in [0.29, 0.717) is 58.1 Å². The number of nitrogens with zero attached hydrogens (tertiary/aromatic N) is 2. The molecule has 194 valence electrons. The third kappa shape index (κ3) is 5.50. The highest BCUT2D eigenvalue weighted by molar-refractivity contribution is 6.31. The lowest BCUT2D eigenvalue weighted by atomic mass is 9.89. The number of rotatable bonds is 4. The molecule has 0 saturated heterocycles. The Balaban J connectivity index is 1.28. The Labute approximate surface area is 222 Å². The van der Waals surface area contributed by atoms with Crippen molar-refractivity contribution < 1.29 is 22.7 Å². The summed E-state index contributed by atoms with van der Waals surface area (Å²) in [5.41, 5.74) is 1.03. The third-order valence-electron chi connectivity index (χ3n) is 6.98. The molecule has 5 nitrogen and oxygen atoms in total. The van der Waals surface area contributed by atoms with Gasteiger partial charge in [0.15, 0.2) is 0 Å². The number of carbonyl (C=O) groups excluding carboxylic acids is 1. The van der Waals surface area contributed by atoms with Crippen LogP contribution in [0.2, 0.25) is 10.0 Å². The fraction of sp³-hybridized carbons (Fsp3) is 0.333. The second-order valence-corrected chi connectivity index (χ2v) is 10.3. The van der Waals surface area contributed by atoms with Gasteiger partial charge in [-0.3, -0.25) is 4.79 Å². The topological polar surface area (TPSA) is 54.5 Å². The van der Waals surface area contributed by atoms with Gasteiger partial charge in [-0.05, 0) is 74.2 Å². The molecule has 2 aliphatic rings. The number of anilines is 1. The summed E-state index contributed by atoms with van der Waals surface area (Å²) in [7, 11) is 1.80. The van der Waals surface area contributed by atoms with Crippen LogP contribution in [-0.4, -0.2) is 36.6 Å². The van der Waals surface area contributed by atoms with Gasteiger partial charge in [0.25, 0.3) is 5.91 Å². The van der Waals surface area contributed by atoms with Crippen molar-refractivity contribution in [2.45, 2.75) is 43.9 Å². The van der Waals surface area contributed by atoms with E-state index in [2.05, 4.69) is 10.3 Å². The molecule has 3 aromatic rings. The van der Waals surface area contributed by atoms with E-state index in [1.165, 1.54) is 12.1 Å². The fourth-order valence-corrected chi connectivity index (χ4v) is 5.33. The molecule has 0 radical (unpaired) electrons. The molecule has 10 heteroatoms. The van der Waals surface area contributed by atoms with Crippen LogP contribution in [0.3, 0.4) is 0 Å². The Morgan fingerprint density at radius 2 is 1.76 bits per heavy atom. The number of carbonyl (C=O) groups is 1. The first-order valence-corrected chi connectivity index (χ1v) is 12.7. The van der Waals surface area contributed by atoms with Crippen molar-refractivity contribution in [3.63, 3.8) is 0 Å². The molecule has 37 heavy (non-hydrogen) atoms. The number of aromatic nitrogens is 1. The second-order valence-electron chi connectivity index (χ2n) is 9.42. The highest BCUT2D eigenvalue weighted by Gasteiger charge is 2.35. The van der Waals surface area contributed by atoms with Gasteiger partial charge >= 0.3 is 6.18 Å². The number of benzene rings is 2. The van der Waals surface area contributed by atoms with Crippen molar-refractivity contribution in [3.05, 3.63) is 69.3 Å². The lowest BCUT2D eigenvalue weighted by Gasteiger charge is -2.37. The molecule has 5 rings (SSSR count). The van der Waals surface area contributed by atoms with Crippen LogP contribution in [0.25, 0.3) is 17.0 Å². The minimum Gasteiger partial charge on any atom is -0.488 e. The molecule has 1 aliphatic heterocycles. The van der Waals surface area contributed by atoms with E-state index in [-0.39, 0.29) is 30.1 Å². The van der Waals surface area contributed by atoms with E-state index in [9.17, 15) is 18.0 Å². The maximum absolute atomic E-state index is 13.5. The van der Waals surface area contributed by atoms with Crippen LogP contribution in [0.1, 0.15) is 36.9 Å². The Kier molecular flexibility index (Phi) is 6.98. The first-order valence-electron chi connectivity index (χ1n) is 11.9. The van der Waals surface area contributed by atoms with E-state index >= 15 is 0 Å². The lowest BCUT2D eigenvalue weighted by Crippen LogP contribution is -2.44. The number of hydrogen-bond acceptors (Lipinski definition) is 4. The first-order chi connectivity index (χ1) is 17.6. The van der Waals surface area contributed by atoms with Gasteiger partial charge in [-0.1, -0.05) is 23.2 Å². The van der Waals surface area contributed by atoms with Crippen molar-refractivity contribution in [2.75, 3.05) is 18.6 Å². The van der Waals surface area contributed by atoms with E-state index < -0.39 is 11.9 Å². The van der Waals surface area contributed by atoms with Crippen molar-refractivity contribution in [2.24, 2.45) is 0 Å². The standard InChI is InChI=1S/C27H24Cl2F3N3O2/c1-35(23-13-25(27(30,31)32)34-22-8-2-18(29)12-21(22)23)20-6-4-19(5-7-20)33-26(36)16-10-15-11-17(28)3-9-24(15)37-14-16/h2-3,8-13,19-20H,4-7,14H2,1H3,(H,33,36). The van der Waals surface area contributed by atoms with Crippen molar-refractivity contribution >= 4 is 51.8 Å². The molecular weight excluding hydrogens is 526 g/mol. The summed E-state index contributed by atoms with van der Waals surface area (Å²) in [4.78, 5) is 18.6. The Bertz CT molecular complexity index is 1390. The van der Waals surface area contributed by atoms with Crippen LogP contribution in [0.15, 0.2) is 48.0 Å². The summed E-state index contributed by atoms with van der Waals surface area (Å²) >= 11 is 12.2. The van der Waals surface area contributed by atoms with Gasteiger partial charge in [-0.25, -0.2) is 4.98 Å². The molecule has 2 heterocycles. The van der Waals surface area contributed by atoms with Gasteiger partial charge < -0.3 is 15.0 Å². The Morgan fingerprint density at radius 3 is 2.49 bits per heavy atom. The number of ether oxygens (including phenoxy) is 1. The molecule has 1 aliphatic carbocycles. The molecule has 1 fully saturated rings. The number of hydrogen-bond donors (Lipinski definition) is 1. The maximum Gasteiger partial charge on any atom is 0.433 e. The molecule has 2 aromatic carbocycles. The highest BCUT2D eigenvalue weighted by Crippen LogP contribution is 2.37. The summed E-state index contributed by atoms with van der Waals surface area (Å²) in [5.74, 6) is 0.495. The average Bonchev–Trinajstić information content (AvgIpc) is 2.87. The zero-order valence-corrected chi connectivity index (χ0v) is 21.4. The van der Waals surface area contributed by atoms with Crippen LogP contribution < -0.4 is 15.0 Å². The molecule has 1 aromatic heterocycles. The summed E-state index contributed by atoms with van der Waals surface area (Å²) in [6, 6.07) is 11.0. The zero-order chi connectivity index (χ0) is 26.3. The highest BCUT2D eigenvalue weighted by atomic mass is 35.5. The van der Waals surface area contributed by atoms with Crippen LogP contribution >= 0.6 is 23.2 Å². The SMILES string of the molecule is CN(c1cc(C(F)(F)F)nc2ccc(Cl)cc12)C1CCC(NC(=O)C2=Cc3cc(Cl)ccc3OC2)CC1. The molecule has 0 unspecified atom stereocenters. The number of nitrogens with one attached hydrogen (secondary N) is 1. The quantitative estimate of drug-likeness (QED) is 0.384. The average molecular weight is 550 g/mol. The van der Waals surface area contributed by atoms with Gasteiger partial charge in [0.1, 0.15) is 18.1 Å². The van der Waals surface area contributed by atoms with Crippen LogP contribution in [0.4, 0.5) is 18.9 Å². The molecule has 1 amide bonds. The molecule has 1 N–H and O–H groups in total. The van der Waals surface area contributed by atoms with Gasteiger partial charge in [-0.15, -0.1) is 0 Å². The molecule has 0 bridgehead atoms. The van der Waals surface area contributed by atoms with E-state index in [0.717, 1.165) is 11.6 Å². The summed E-state index contributed by atoms with van der Waals surface area (Å²) < 4.78 is 46.3. The van der Waals surface area contributed by atoms with Gasteiger partial charge in [0.2, 0.25) is 0 Å². The summed E-state index contributed by atoms with van der Waals surface area (Å²) in [6.07, 6.45) is 0.0504. The minimum atomic E-state index is -4.56. The van der Waals surface area contributed by atoms with Gasteiger partial charge in [0.05, 0.1) is 11.1 Å². The summed E-state index contributed by atoms with van der Waals surface area (Å²) in [5, 5.41) is 4.65. The Hall–Kier alpha value is -2.97. The number of fused-ring (bicyclic) bond motifs is 2. The fourth-order valence-electron chi connectivity index (χ4n) is 4.98. The third-order valence-corrected chi connectivity index (χ3v) is 7.45. The van der Waals surface area contributed by atoms with Crippen molar-refractivity contribution in [1.82, 2.24) is 10.3 Å². The molecule has 0 spiro atoms. The largest absolute Gasteiger partial charge is 0.488 e. The van der Waals surface area contributed by atoms with Crippen LogP contribution in [-0.2, 0) is 11.0 Å². The molecular formula is C27H24Cl2F3N3O2. The van der Waals surface area contributed by atoms with Crippen molar-refractivity contribution in [3.8, 4) is 5.75 Å². The predicted molar refractivity (Wildman–Crippen MR) is 139 cm³/mol. The zero-order valence-electron chi connectivity index (χ0n) is 19.9. The molecule has 1 saturated carbocycles. The number of halogens is 5. The number of pyridine rings is 1. The van der Waals surface area contributed by atoms with E-state index in [1.807, 2.05) is 4.90 Å². The summed E-state index contributed by atoms with van der Waals surface area (Å²) in [6.45, 7) is 0.178. The minimum absolute atomic E-state index is 0.00469. The number of amides is 1. The lowest BCUT2D eigenvalue weighted by molar-refractivity contribution is -0.140. The van der Waals surface area contributed by atoms with Gasteiger partial charge in [0, 0.05) is 45.8 Å². The van der Waals surface area contributed by atoms with Gasteiger partial charge in [-0.2, -0.15) is 13.2 Å². The van der Waals surface area contributed by atoms with E-state index in [1.54, 1.807) is 37.4 Å². The normalized spacial score (nSPS) is 19.6. The Morgan fingerprint density at radius 1 is 1.05 bits per heavy atom. The first kappa shape index (κ1) is 25.7. The smallest absolute Gasteiger partial charge is 0.433 e. The van der Waals surface area contributed by atoms with Crippen LogP contribution in [0.5, 0.6) is 5.75 Å². The number of alkyl halides is 3. The van der Waals surface area contributed by atoms with Crippen LogP contribution in [0, 0.1) is 0 Å². The maximum atomic E-state index is 13.5. The van der Waals surface area contributed by atoms with Crippen molar-refractivity contribution in [1.29, 1.82) is 0 Å². The predicted octanol–water partition coefficient (Wildman–Crippen LogP) is 6.90. The monoisotopic (exact) mass is 549 g/mol.